The van der Waals surface area contributed by atoms with E-state index < -0.39 is 0 Å². The van der Waals surface area contributed by atoms with Gasteiger partial charge in [0, 0.05) is 24.9 Å². The number of amides is 1. The van der Waals surface area contributed by atoms with Crippen LogP contribution in [0, 0.1) is 0 Å². The lowest BCUT2D eigenvalue weighted by Gasteiger charge is -2.06. The van der Waals surface area contributed by atoms with E-state index in [2.05, 4.69) is 5.32 Å². The van der Waals surface area contributed by atoms with Crippen LogP contribution in [0.1, 0.15) is 35.2 Å². The normalized spacial score (nSPS) is 11.9. The van der Waals surface area contributed by atoms with Crippen LogP contribution in [0.5, 0.6) is 17.2 Å². The molecule has 3 rings (SSSR count). The number of carbonyl (C=O) groups is 2. The van der Waals surface area contributed by atoms with Crippen LogP contribution in [-0.4, -0.2) is 25.6 Å². The molecule has 26 heavy (non-hydrogen) atoms. The zero-order valence-electron chi connectivity index (χ0n) is 14.6. The minimum absolute atomic E-state index is 0.0243. The Morgan fingerprint density at radius 1 is 1.04 bits per heavy atom. The van der Waals surface area contributed by atoms with Gasteiger partial charge in [-0.25, -0.2) is 0 Å². The highest BCUT2D eigenvalue weighted by atomic mass is 16.7. The first kappa shape index (κ1) is 17.8. The highest BCUT2D eigenvalue weighted by Gasteiger charge is 2.13. The van der Waals surface area contributed by atoms with Crippen LogP contribution < -0.4 is 19.5 Å². The van der Waals surface area contributed by atoms with Crippen LogP contribution in [0.2, 0.25) is 0 Å². The molecular weight excluding hydrogens is 334 g/mol. The largest absolute Gasteiger partial charge is 0.497 e. The number of hydrogen-bond donors (Lipinski definition) is 1. The number of hydrogen-bond acceptors (Lipinski definition) is 5. The Kier molecular flexibility index (Phi) is 5.73. The Morgan fingerprint density at radius 2 is 1.81 bits per heavy atom. The van der Waals surface area contributed by atoms with Crippen molar-refractivity contribution < 1.29 is 23.8 Å². The first-order chi connectivity index (χ1) is 12.7. The average Bonchev–Trinajstić information content (AvgIpc) is 3.14. The molecule has 0 aliphatic carbocycles. The molecule has 2 aromatic rings. The summed E-state index contributed by atoms with van der Waals surface area (Å²) < 4.78 is 15.6. The highest BCUT2D eigenvalue weighted by Crippen LogP contribution is 2.32. The van der Waals surface area contributed by atoms with Gasteiger partial charge in [-0.05, 0) is 48.4 Å². The van der Waals surface area contributed by atoms with E-state index in [1.165, 1.54) is 0 Å². The van der Waals surface area contributed by atoms with Crippen molar-refractivity contribution in [2.24, 2.45) is 0 Å². The Labute approximate surface area is 152 Å². The minimum Gasteiger partial charge on any atom is -0.497 e. The standard InChI is InChI=1S/C20H21NO5/c1-24-16-8-6-15(7-9-16)17(22)3-2-4-20(23)21-12-14-5-10-18-19(11-14)26-13-25-18/h5-11H,2-4,12-13H2,1H3,(H,21,23). The number of rotatable bonds is 8. The summed E-state index contributed by atoms with van der Waals surface area (Å²) in [6.07, 6.45) is 1.16. The molecule has 0 radical (unpaired) electrons. The number of Topliss-reactive ketones (excluding diaryl/α,β-unsaturated/α-hetero) is 1. The average molecular weight is 355 g/mol. The quantitative estimate of drug-likeness (QED) is 0.737. The molecule has 0 spiro atoms. The van der Waals surface area contributed by atoms with Crippen LogP contribution in [0.4, 0.5) is 0 Å². The number of ketones is 1. The lowest BCUT2D eigenvalue weighted by molar-refractivity contribution is -0.121. The van der Waals surface area contributed by atoms with Gasteiger partial charge in [0.15, 0.2) is 17.3 Å². The third kappa shape index (κ3) is 4.53. The van der Waals surface area contributed by atoms with Crippen LogP contribution >= 0.6 is 0 Å². The third-order valence-corrected chi connectivity index (χ3v) is 4.15. The summed E-state index contributed by atoms with van der Waals surface area (Å²) in [6.45, 7) is 0.648. The van der Waals surface area contributed by atoms with Gasteiger partial charge in [-0.15, -0.1) is 0 Å². The topological polar surface area (TPSA) is 73.9 Å². The lowest BCUT2D eigenvalue weighted by atomic mass is 10.1. The fourth-order valence-corrected chi connectivity index (χ4v) is 2.67. The molecule has 1 N–H and O–H groups in total. The summed E-state index contributed by atoms with van der Waals surface area (Å²) in [6, 6.07) is 12.6. The summed E-state index contributed by atoms with van der Waals surface area (Å²) in [5.74, 6) is 2.07. The van der Waals surface area contributed by atoms with Gasteiger partial charge in [-0.2, -0.15) is 0 Å². The first-order valence-corrected chi connectivity index (χ1v) is 8.48. The maximum atomic E-state index is 12.1. The van der Waals surface area contributed by atoms with Crippen molar-refractivity contribution in [1.82, 2.24) is 5.32 Å². The molecule has 2 aromatic carbocycles. The minimum atomic E-state index is -0.0785. The molecule has 0 saturated heterocycles. The lowest BCUT2D eigenvalue weighted by Crippen LogP contribution is -2.22. The van der Waals surface area contributed by atoms with Crippen LogP contribution in [0.15, 0.2) is 42.5 Å². The van der Waals surface area contributed by atoms with Gasteiger partial charge >= 0.3 is 0 Å². The molecule has 136 valence electrons. The van der Waals surface area contributed by atoms with Crippen molar-refractivity contribution in [3.05, 3.63) is 53.6 Å². The van der Waals surface area contributed by atoms with E-state index in [0.29, 0.717) is 42.9 Å². The number of carbonyl (C=O) groups excluding carboxylic acids is 2. The Hall–Kier alpha value is -3.02. The summed E-state index contributed by atoms with van der Waals surface area (Å²) in [5, 5.41) is 2.86. The van der Waals surface area contributed by atoms with Gasteiger partial charge in [0.05, 0.1) is 7.11 Å². The monoisotopic (exact) mass is 355 g/mol. The number of ether oxygens (including phenoxy) is 3. The molecule has 1 heterocycles. The van der Waals surface area contributed by atoms with E-state index in [9.17, 15) is 9.59 Å². The van der Waals surface area contributed by atoms with Gasteiger partial charge < -0.3 is 19.5 Å². The van der Waals surface area contributed by atoms with E-state index in [1.807, 2.05) is 18.2 Å². The van der Waals surface area contributed by atoms with Gasteiger partial charge in [-0.1, -0.05) is 6.07 Å². The first-order valence-electron chi connectivity index (χ1n) is 8.48. The predicted molar refractivity (Wildman–Crippen MR) is 95.6 cm³/mol. The maximum Gasteiger partial charge on any atom is 0.231 e. The number of nitrogens with one attached hydrogen (secondary N) is 1. The second-order valence-electron chi connectivity index (χ2n) is 5.97. The third-order valence-electron chi connectivity index (χ3n) is 4.15. The highest BCUT2D eigenvalue weighted by molar-refractivity contribution is 5.96. The van der Waals surface area contributed by atoms with E-state index >= 15 is 0 Å². The van der Waals surface area contributed by atoms with Crippen molar-refractivity contribution in [2.75, 3.05) is 13.9 Å². The number of methoxy groups -OCH3 is 1. The van der Waals surface area contributed by atoms with Crippen molar-refractivity contribution in [3.63, 3.8) is 0 Å². The Balaban J connectivity index is 1.39. The van der Waals surface area contributed by atoms with Crippen molar-refractivity contribution in [2.45, 2.75) is 25.8 Å². The summed E-state index contributed by atoms with van der Waals surface area (Å²) >= 11 is 0. The zero-order chi connectivity index (χ0) is 18.4. The zero-order valence-corrected chi connectivity index (χ0v) is 14.6. The second-order valence-corrected chi connectivity index (χ2v) is 5.97. The SMILES string of the molecule is COc1ccc(C(=O)CCCC(=O)NCc2ccc3c(c2)OCO3)cc1. The molecule has 0 atom stereocenters. The van der Waals surface area contributed by atoms with Crippen molar-refractivity contribution in [3.8, 4) is 17.2 Å². The van der Waals surface area contributed by atoms with Gasteiger partial charge in [-0.3, -0.25) is 9.59 Å². The predicted octanol–water partition coefficient (Wildman–Crippen LogP) is 3.09. The van der Waals surface area contributed by atoms with E-state index in [4.69, 9.17) is 14.2 Å². The Bertz CT molecular complexity index is 785. The van der Waals surface area contributed by atoms with Crippen molar-refractivity contribution in [1.29, 1.82) is 0 Å². The molecule has 6 heteroatoms. The fraction of sp³-hybridized carbons (Fsp3) is 0.300. The van der Waals surface area contributed by atoms with Gasteiger partial charge in [0.2, 0.25) is 12.7 Å². The molecule has 1 aliphatic heterocycles. The van der Waals surface area contributed by atoms with Crippen LogP contribution in [-0.2, 0) is 11.3 Å². The van der Waals surface area contributed by atoms with Gasteiger partial charge in [0.25, 0.3) is 0 Å². The van der Waals surface area contributed by atoms with Crippen molar-refractivity contribution >= 4 is 11.7 Å². The molecule has 0 saturated carbocycles. The smallest absolute Gasteiger partial charge is 0.231 e. The second kappa shape index (κ2) is 8.38. The van der Waals surface area contributed by atoms with Crippen LogP contribution in [0.25, 0.3) is 0 Å². The summed E-state index contributed by atoms with van der Waals surface area (Å²) in [7, 11) is 1.58. The number of fused-ring (bicyclic) bond motifs is 1. The molecule has 0 bridgehead atoms. The van der Waals surface area contributed by atoms with E-state index in [0.717, 1.165) is 11.3 Å². The van der Waals surface area contributed by atoms with E-state index in [1.54, 1.807) is 31.4 Å². The van der Waals surface area contributed by atoms with Gasteiger partial charge in [0.1, 0.15) is 5.75 Å². The maximum absolute atomic E-state index is 12.1. The summed E-state index contributed by atoms with van der Waals surface area (Å²) in [4.78, 5) is 24.1. The van der Waals surface area contributed by atoms with Crippen LogP contribution in [0.3, 0.4) is 0 Å². The number of benzene rings is 2. The van der Waals surface area contributed by atoms with E-state index in [-0.39, 0.29) is 18.5 Å². The molecule has 6 nitrogen and oxygen atoms in total. The molecule has 0 aromatic heterocycles. The molecule has 1 aliphatic rings. The molecule has 0 fully saturated rings. The fourth-order valence-electron chi connectivity index (χ4n) is 2.67. The molecular formula is C20H21NO5. The summed E-state index contributed by atoms with van der Waals surface area (Å²) in [5.41, 5.74) is 1.57. The molecule has 0 unspecified atom stereocenters. The Morgan fingerprint density at radius 3 is 2.58 bits per heavy atom. The molecule has 1 amide bonds.